The molecule has 0 saturated heterocycles. The van der Waals surface area contributed by atoms with Gasteiger partial charge in [-0.1, -0.05) is 36.4 Å². The number of nitro benzene ring substituents is 1. The molecule has 3 rings (SSSR count). The molecule has 1 aliphatic rings. The lowest BCUT2D eigenvalue weighted by Crippen LogP contribution is -2.42. The molecule has 2 aromatic carbocycles. The van der Waals surface area contributed by atoms with Crippen LogP contribution in [0.25, 0.3) is 0 Å². The summed E-state index contributed by atoms with van der Waals surface area (Å²) < 4.78 is 0. The molecule has 1 amide bonds. The van der Waals surface area contributed by atoms with E-state index in [1.165, 1.54) is 6.07 Å². The quantitative estimate of drug-likeness (QED) is 0.692. The number of fused-ring (bicyclic) bond motifs is 1. The fraction of sp³-hybridized carbons (Fsp3) is 0.235. The third kappa shape index (κ3) is 3.07. The van der Waals surface area contributed by atoms with Gasteiger partial charge in [0.15, 0.2) is 0 Å². The van der Waals surface area contributed by atoms with Crippen molar-refractivity contribution in [3.05, 3.63) is 75.3 Å². The molecule has 0 aromatic heterocycles. The highest BCUT2D eigenvalue weighted by Gasteiger charge is 2.31. The molecule has 0 bridgehead atoms. The van der Waals surface area contributed by atoms with Crippen molar-refractivity contribution in [1.82, 2.24) is 4.90 Å². The number of carbonyl (C=O) groups is 1. The predicted octanol–water partition coefficient (Wildman–Crippen LogP) is 2.18. The number of non-ortho nitro benzene ring substituents is 1. The first-order chi connectivity index (χ1) is 11.1. The van der Waals surface area contributed by atoms with Crippen LogP contribution in [0.5, 0.6) is 0 Å². The van der Waals surface area contributed by atoms with Gasteiger partial charge in [-0.3, -0.25) is 19.8 Å². The summed E-state index contributed by atoms with van der Waals surface area (Å²) in [7, 11) is 0. The molecular weight excluding hydrogens is 294 g/mol. The van der Waals surface area contributed by atoms with Crippen molar-refractivity contribution in [1.29, 1.82) is 0 Å². The molecule has 1 heterocycles. The summed E-state index contributed by atoms with van der Waals surface area (Å²) in [6.45, 7) is 1.14. The minimum atomic E-state index is -0.501. The highest BCUT2D eigenvalue weighted by molar-refractivity contribution is 5.82. The van der Waals surface area contributed by atoms with Crippen molar-refractivity contribution in [3.8, 4) is 0 Å². The first-order valence-corrected chi connectivity index (χ1v) is 7.41. The van der Waals surface area contributed by atoms with Crippen molar-refractivity contribution in [3.63, 3.8) is 0 Å². The van der Waals surface area contributed by atoms with Crippen LogP contribution in [0.3, 0.4) is 0 Å². The summed E-state index contributed by atoms with van der Waals surface area (Å²) in [5, 5.41) is 10.9. The number of nitrogens with two attached hydrogens (primary N) is 1. The number of amides is 1. The fourth-order valence-corrected chi connectivity index (χ4v) is 3.12. The molecule has 0 radical (unpaired) electrons. The van der Waals surface area contributed by atoms with Gasteiger partial charge in [-0.25, -0.2) is 0 Å². The van der Waals surface area contributed by atoms with Crippen LogP contribution in [0.2, 0.25) is 0 Å². The average molecular weight is 311 g/mol. The Hall–Kier alpha value is -2.73. The van der Waals surface area contributed by atoms with Crippen LogP contribution in [0.4, 0.5) is 5.69 Å². The maximum absolute atomic E-state index is 12.0. The van der Waals surface area contributed by atoms with E-state index >= 15 is 0 Å². The van der Waals surface area contributed by atoms with E-state index in [9.17, 15) is 14.9 Å². The maximum Gasteiger partial charge on any atom is 0.269 e. The Morgan fingerprint density at radius 1 is 1.26 bits per heavy atom. The van der Waals surface area contributed by atoms with E-state index in [0.29, 0.717) is 13.1 Å². The minimum Gasteiger partial charge on any atom is -0.368 e. The number of carbonyl (C=O) groups excluding carboxylic acids is 1. The SMILES string of the molecule is NC(=O)C1c2ccccc2CCN1Cc1cccc([N+](=O)[O-])c1. The Kier molecular flexibility index (Phi) is 4.08. The second-order valence-electron chi connectivity index (χ2n) is 5.65. The van der Waals surface area contributed by atoms with E-state index < -0.39 is 16.9 Å². The molecule has 118 valence electrons. The smallest absolute Gasteiger partial charge is 0.269 e. The normalized spacial score (nSPS) is 17.5. The number of benzene rings is 2. The number of nitrogens with zero attached hydrogens (tertiary/aromatic N) is 2. The van der Waals surface area contributed by atoms with E-state index in [4.69, 9.17) is 5.73 Å². The van der Waals surface area contributed by atoms with Gasteiger partial charge in [0.05, 0.1) is 4.92 Å². The van der Waals surface area contributed by atoms with E-state index in [0.717, 1.165) is 23.1 Å². The van der Waals surface area contributed by atoms with Gasteiger partial charge in [-0.05, 0) is 23.1 Å². The summed E-state index contributed by atoms with van der Waals surface area (Å²) in [6, 6.07) is 13.8. The topological polar surface area (TPSA) is 89.5 Å². The zero-order valence-electron chi connectivity index (χ0n) is 12.5. The van der Waals surface area contributed by atoms with Gasteiger partial charge in [0.1, 0.15) is 6.04 Å². The Labute approximate surface area is 133 Å². The van der Waals surface area contributed by atoms with E-state index in [2.05, 4.69) is 0 Å². The molecule has 23 heavy (non-hydrogen) atoms. The lowest BCUT2D eigenvalue weighted by atomic mass is 9.92. The summed E-state index contributed by atoms with van der Waals surface area (Å²) in [6.07, 6.45) is 0.828. The highest BCUT2D eigenvalue weighted by Crippen LogP contribution is 2.31. The van der Waals surface area contributed by atoms with Crippen molar-refractivity contribution in [2.24, 2.45) is 5.73 Å². The van der Waals surface area contributed by atoms with Gasteiger partial charge in [0, 0.05) is 25.2 Å². The van der Waals surface area contributed by atoms with Crippen molar-refractivity contribution >= 4 is 11.6 Å². The van der Waals surface area contributed by atoms with Gasteiger partial charge >= 0.3 is 0 Å². The lowest BCUT2D eigenvalue weighted by molar-refractivity contribution is -0.384. The first-order valence-electron chi connectivity index (χ1n) is 7.41. The van der Waals surface area contributed by atoms with Crippen LogP contribution >= 0.6 is 0 Å². The molecule has 0 spiro atoms. The van der Waals surface area contributed by atoms with Crippen LogP contribution in [0, 0.1) is 10.1 Å². The monoisotopic (exact) mass is 311 g/mol. The standard InChI is InChI=1S/C17H17N3O3/c18-17(21)16-15-7-2-1-5-13(15)8-9-19(16)11-12-4-3-6-14(10-12)20(22)23/h1-7,10,16H,8-9,11H2,(H2,18,21). The van der Waals surface area contributed by atoms with Crippen LogP contribution in [0.15, 0.2) is 48.5 Å². The van der Waals surface area contributed by atoms with Gasteiger partial charge < -0.3 is 5.73 Å². The number of hydrogen-bond donors (Lipinski definition) is 1. The van der Waals surface area contributed by atoms with Crippen LogP contribution in [-0.2, 0) is 17.8 Å². The molecular formula is C17H17N3O3. The van der Waals surface area contributed by atoms with Crippen LogP contribution < -0.4 is 5.73 Å². The molecule has 6 nitrogen and oxygen atoms in total. The van der Waals surface area contributed by atoms with Crippen LogP contribution in [-0.4, -0.2) is 22.3 Å². The van der Waals surface area contributed by atoms with Gasteiger partial charge in [-0.15, -0.1) is 0 Å². The third-order valence-corrected chi connectivity index (χ3v) is 4.16. The molecule has 1 unspecified atom stereocenters. The largest absolute Gasteiger partial charge is 0.368 e. The Bertz CT molecular complexity index is 760. The van der Waals surface area contributed by atoms with Crippen molar-refractivity contribution < 1.29 is 9.72 Å². The average Bonchev–Trinajstić information content (AvgIpc) is 2.54. The Morgan fingerprint density at radius 3 is 2.78 bits per heavy atom. The summed E-state index contributed by atoms with van der Waals surface area (Å²) in [5.41, 5.74) is 8.52. The highest BCUT2D eigenvalue weighted by atomic mass is 16.6. The second kappa shape index (κ2) is 6.18. The summed E-state index contributed by atoms with van der Waals surface area (Å²) in [5.74, 6) is -0.400. The van der Waals surface area contributed by atoms with Crippen LogP contribution in [0.1, 0.15) is 22.7 Å². The summed E-state index contributed by atoms with van der Waals surface area (Å²) in [4.78, 5) is 24.4. The summed E-state index contributed by atoms with van der Waals surface area (Å²) >= 11 is 0. The Balaban J connectivity index is 1.89. The number of nitro groups is 1. The molecule has 0 aliphatic carbocycles. The van der Waals surface area contributed by atoms with Gasteiger partial charge in [0.25, 0.3) is 5.69 Å². The molecule has 1 aliphatic heterocycles. The zero-order valence-corrected chi connectivity index (χ0v) is 12.5. The van der Waals surface area contributed by atoms with E-state index in [1.807, 2.05) is 35.2 Å². The molecule has 0 saturated carbocycles. The maximum atomic E-state index is 12.0. The van der Waals surface area contributed by atoms with Crippen molar-refractivity contribution in [2.75, 3.05) is 6.54 Å². The van der Waals surface area contributed by atoms with E-state index in [1.54, 1.807) is 12.1 Å². The fourth-order valence-electron chi connectivity index (χ4n) is 3.12. The molecule has 2 N–H and O–H groups in total. The molecule has 0 fully saturated rings. The number of rotatable bonds is 4. The van der Waals surface area contributed by atoms with E-state index in [-0.39, 0.29) is 5.69 Å². The molecule has 2 aromatic rings. The number of hydrogen-bond acceptors (Lipinski definition) is 4. The minimum absolute atomic E-state index is 0.0514. The van der Waals surface area contributed by atoms with Gasteiger partial charge in [-0.2, -0.15) is 0 Å². The Morgan fingerprint density at radius 2 is 2.04 bits per heavy atom. The van der Waals surface area contributed by atoms with Gasteiger partial charge in [0.2, 0.25) is 5.91 Å². The first kappa shape index (κ1) is 15.2. The molecule has 1 atom stereocenters. The predicted molar refractivity (Wildman–Crippen MR) is 85.6 cm³/mol. The van der Waals surface area contributed by atoms with Crippen molar-refractivity contribution in [2.45, 2.75) is 19.0 Å². The number of primary amides is 1. The molecule has 6 heteroatoms. The lowest BCUT2D eigenvalue weighted by Gasteiger charge is -2.35. The second-order valence-corrected chi connectivity index (χ2v) is 5.65. The third-order valence-electron chi connectivity index (χ3n) is 4.16. The zero-order chi connectivity index (χ0) is 16.4.